The van der Waals surface area contributed by atoms with E-state index in [-0.39, 0.29) is 35.8 Å². The van der Waals surface area contributed by atoms with Gasteiger partial charge >= 0.3 is 0 Å². The van der Waals surface area contributed by atoms with Gasteiger partial charge in [0.2, 0.25) is 5.88 Å². The first-order valence-corrected chi connectivity index (χ1v) is 10.1. The van der Waals surface area contributed by atoms with Crippen molar-refractivity contribution in [3.8, 4) is 5.88 Å². The molecule has 0 aliphatic heterocycles. The van der Waals surface area contributed by atoms with Gasteiger partial charge in [-0.2, -0.15) is 0 Å². The molecule has 0 saturated heterocycles. The topological polar surface area (TPSA) is 68.3 Å². The molecule has 0 aliphatic rings. The van der Waals surface area contributed by atoms with Crippen molar-refractivity contribution in [1.29, 1.82) is 0 Å². The number of hydrogen-bond acceptors (Lipinski definition) is 5. The smallest absolute Gasteiger partial charge is 0.216 e. The molecule has 0 aliphatic carbocycles. The zero-order valence-corrected chi connectivity index (χ0v) is 16.4. The molecular formula is C18H24ClFN2O3S. The van der Waals surface area contributed by atoms with E-state index < -0.39 is 9.84 Å². The van der Waals surface area contributed by atoms with Crippen molar-refractivity contribution in [2.45, 2.75) is 19.4 Å². The molecule has 0 saturated carbocycles. The van der Waals surface area contributed by atoms with Gasteiger partial charge in [-0.15, -0.1) is 12.4 Å². The molecule has 26 heavy (non-hydrogen) atoms. The molecule has 144 valence electrons. The van der Waals surface area contributed by atoms with Crippen LogP contribution in [-0.4, -0.2) is 38.6 Å². The number of nitrogens with zero attached hydrogens (tertiary/aromatic N) is 1. The number of pyridine rings is 1. The summed E-state index contributed by atoms with van der Waals surface area (Å²) in [4.78, 5) is 3.91. The summed E-state index contributed by atoms with van der Waals surface area (Å²) in [5.74, 6) is 0.0223. The highest BCUT2D eigenvalue weighted by Gasteiger charge is 2.12. The highest BCUT2D eigenvalue weighted by Crippen LogP contribution is 2.17. The Labute approximate surface area is 160 Å². The molecule has 2 rings (SSSR count). The fraction of sp³-hybridized carbons (Fsp3) is 0.389. The lowest BCUT2D eigenvalue weighted by molar-refractivity contribution is 0.300. The van der Waals surface area contributed by atoms with E-state index in [4.69, 9.17) is 4.74 Å². The Morgan fingerprint density at radius 1 is 1.23 bits per heavy atom. The van der Waals surface area contributed by atoms with E-state index >= 15 is 0 Å². The minimum atomic E-state index is -2.98. The quantitative estimate of drug-likeness (QED) is 0.653. The van der Waals surface area contributed by atoms with Gasteiger partial charge in [-0.3, -0.25) is 0 Å². The van der Waals surface area contributed by atoms with Crippen LogP contribution in [0.25, 0.3) is 0 Å². The van der Waals surface area contributed by atoms with E-state index in [2.05, 4.69) is 10.3 Å². The molecule has 0 unspecified atom stereocenters. The molecular weight excluding hydrogens is 379 g/mol. The molecule has 1 aromatic carbocycles. The number of sulfone groups is 1. The van der Waals surface area contributed by atoms with Crippen LogP contribution in [0.1, 0.15) is 24.0 Å². The highest BCUT2D eigenvalue weighted by atomic mass is 35.5. The lowest BCUT2D eigenvalue weighted by Crippen LogP contribution is -2.20. The van der Waals surface area contributed by atoms with Gasteiger partial charge in [0, 0.05) is 31.6 Å². The number of nitrogens with one attached hydrogen (secondary N) is 1. The van der Waals surface area contributed by atoms with Crippen molar-refractivity contribution < 1.29 is 17.5 Å². The third-order valence-electron chi connectivity index (χ3n) is 3.66. The van der Waals surface area contributed by atoms with Crippen LogP contribution in [-0.2, 0) is 16.4 Å². The Hall–Kier alpha value is -1.70. The monoisotopic (exact) mass is 402 g/mol. The fourth-order valence-electron chi connectivity index (χ4n) is 2.44. The molecule has 5 nitrogen and oxygen atoms in total. The second kappa shape index (κ2) is 10.4. The number of rotatable bonds is 9. The Balaban J connectivity index is 0.00000338. The number of ether oxygens (including phenoxy) is 1. The van der Waals surface area contributed by atoms with Crippen LogP contribution >= 0.6 is 12.4 Å². The second-order valence-electron chi connectivity index (χ2n) is 6.07. The van der Waals surface area contributed by atoms with Crippen molar-refractivity contribution in [3.63, 3.8) is 0 Å². The zero-order chi connectivity index (χ0) is 18.3. The zero-order valence-electron chi connectivity index (χ0n) is 14.8. The van der Waals surface area contributed by atoms with Crippen molar-refractivity contribution in [2.24, 2.45) is 0 Å². The largest absolute Gasteiger partial charge is 0.476 e. The third kappa shape index (κ3) is 8.12. The van der Waals surface area contributed by atoms with Crippen LogP contribution in [0.2, 0.25) is 0 Å². The summed E-state index contributed by atoms with van der Waals surface area (Å²) < 4.78 is 41.0. The third-order valence-corrected chi connectivity index (χ3v) is 4.76. The van der Waals surface area contributed by atoms with Gasteiger partial charge in [0.05, 0.1) is 5.75 Å². The van der Waals surface area contributed by atoms with E-state index in [0.29, 0.717) is 19.7 Å². The van der Waals surface area contributed by atoms with Crippen LogP contribution < -0.4 is 10.1 Å². The first-order chi connectivity index (χ1) is 11.8. The number of hydrogen-bond donors (Lipinski definition) is 1. The van der Waals surface area contributed by atoms with Crippen molar-refractivity contribution >= 4 is 22.2 Å². The lowest BCUT2D eigenvalue weighted by atomic mass is 10.0. The van der Waals surface area contributed by atoms with E-state index in [1.165, 1.54) is 24.6 Å². The summed E-state index contributed by atoms with van der Waals surface area (Å²) in [6.45, 7) is 3.57. The van der Waals surface area contributed by atoms with E-state index in [9.17, 15) is 12.8 Å². The number of aromatic nitrogens is 1. The maximum atomic E-state index is 13.0. The van der Waals surface area contributed by atoms with Crippen LogP contribution in [0, 0.1) is 5.82 Å². The predicted molar refractivity (Wildman–Crippen MR) is 103 cm³/mol. The highest BCUT2D eigenvalue weighted by molar-refractivity contribution is 7.90. The average Bonchev–Trinajstić information content (AvgIpc) is 2.53. The molecule has 0 fully saturated rings. The Bertz CT molecular complexity index is 785. The van der Waals surface area contributed by atoms with Crippen molar-refractivity contribution in [2.75, 3.05) is 25.2 Å². The molecule has 0 bridgehead atoms. The van der Waals surface area contributed by atoms with Crippen LogP contribution in [0.5, 0.6) is 5.88 Å². The summed E-state index contributed by atoms with van der Waals surface area (Å²) in [7, 11) is -2.98. The average molecular weight is 403 g/mol. The Kier molecular flexibility index (Phi) is 8.98. The molecule has 0 radical (unpaired) electrons. The Morgan fingerprint density at radius 2 is 1.92 bits per heavy atom. The first kappa shape index (κ1) is 22.3. The molecule has 1 heterocycles. The lowest BCUT2D eigenvalue weighted by Gasteiger charge is -2.12. The molecule has 0 spiro atoms. The molecule has 1 N–H and O–H groups in total. The summed E-state index contributed by atoms with van der Waals surface area (Å²) in [6.07, 6.45) is 2.62. The maximum absolute atomic E-state index is 13.0. The van der Waals surface area contributed by atoms with Crippen molar-refractivity contribution in [1.82, 2.24) is 10.3 Å². The molecule has 8 heteroatoms. The molecule has 1 atom stereocenters. The van der Waals surface area contributed by atoms with Crippen LogP contribution in [0.15, 0.2) is 42.6 Å². The van der Waals surface area contributed by atoms with E-state index in [1.54, 1.807) is 0 Å². The Morgan fingerprint density at radius 3 is 2.54 bits per heavy atom. The summed E-state index contributed by atoms with van der Waals surface area (Å²) in [5.41, 5.74) is 2.11. The number of halogens is 2. The van der Waals surface area contributed by atoms with Gasteiger partial charge in [0.1, 0.15) is 22.3 Å². The molecule has 2 aromatic rings. The van der Waals surface area contributed by atoms with E-state index in [1.807, 2.05) is 31.2 Å². The molecule has 1 aromatic heterocycles. The summed E-state index contributed by atoms with van der Waals surface area (Å²) in [6, 6.07) is 10.4. The minimum Gasteiger partial charge on any atom is -0.476 e. The van der Waals surface area contributed by atoms with Gasteiger partial charge in [-0.25, -0.2) is 17.8 Å². The van der Waals surface area contributed by atoms with E-state index in [0.717, 1.165) is 11.1 Å². The standard InChI is InChI=1S/C18H23FN2O3S.ClH/c1-14(13-25(2,22)23)16-5-3-15(4-6-16)12-20-9-10-24-18-11-17(19)7-8-21-18;/h3-8,11,14,20H,9-10,12-13H2,1-2H3;1H/t14-;/m0./s1. The normalized spacial score (nSPS) is 12.3. The SMILES string of the molecule is C[C@@H](CS(C)(=O)=O)c1ccc(CNCCOc2cc(F)ccn2)cc1.Cl. The fourth-order valence-corrected chi connectivity index (χ4v) is 3.54. The van der Waals surface area contributed by atoms with Crippen LogP contribution in [0.3, 0.4) is 0 Å². The van der Waals surface area contributed by atoms with Gasteiger partial charge in [0.25, 0.3) is 0 Å². The summed E-state index contributed by atoms with van der Waals surface area (Å²) >= 11 is 0. The van der Waals surface area contributed by atoms with Gasteiger partial charge < -0.3 is 10.1 Å². The van der Waals surface area contributed by atoms with Gasteiger partial charge in [-0.05, 0) is 23.1 Å². The second-order valence-corrected chi connectivity index (χ2v) is 8.26. The predicted octanol–water partition coefficient (Wildman–Crippen LogP) is 2.96. The summed E-state index contributed by atoms with van der Waals surface area (Å²) in [5, 5.41) is 3.23. The minimum absolute atomic E-state index is 0. The molecule has 0 amide bonds. The number of benzene rings is 1. The van der Waals surface area contributed by atoms with Gasteiger partial charge in [-0.1, -0.05) is 31.2 Å². The first-order valence-electron chi connectivity index (χ1n) is 8.05. The maximum Gasteiger partial charge on any atom is 0.216 e. The van der Waals surface area contributed by atoms with Crippen molar-refractivity contribution in [3.05, 3.63) is 59.5 Å². The van der Waals surface area contributed by atoms with Gasteiger partial charge in [0.15, 0.2) is 0 Å². The van der Waals surface area contributed by atoms with Crippen LogP contribution in [0.4, 0.5) is 4.39 Å².